The molecule has 0 spiro atoms. The van der Waals surface area contributed by atoms with Crippen LogP contribution in [0.4, 0.5) is 0 Å². The van der Waals surface area contributed by atoms with Crippen LogP contribution in [0, 0.1) is 0 Å². The summed E-state index contributed by atoms with van der Waals surface area (Å²) in [6, 6.07) is 30.1. The van der Waals surface area contributed by atoms with Gasteiger partial charge in [-0.25, -0.2) is 4.98 Å². The molecule has 0 radical (unpaired) electrons. The average Bonchev–Trinajstić information content (AvgIpc) is 2.74. The molecular weight excluding hydrogens is 356 g/mol. The van der Waals surface area contributed by atoms with Crippen LogP contribution in [0.5, 0.6) is 0 Å². The first-order chi connectivity index (χ1) is 14.0. The molecule has 0 unspecified atom stereocenters. The van der Waals surface area contributed by atoms with Gasteiger partial charge in [0.1, 0.15) is 0 Å². The molecule has 0 aliphatic rings. The van der Waals surface area contributed by atoms with Gasteiger partial charge >= 0.3 is 0 Å². The van der Waals surface area contributed by atoms with E-state index in [4.69, 9.17) is 4.98 Å². The van der Waals surface area contributed by atoms with E-state index in [1.54, 1.807) is 0 Å². The monoisotopic (exact) mass is 380 g/mol. The molecule has 29 heavy (non-hydrogen) atoms. The predicted molar refractivity (Wildman–Crippen MR) is 118 cm³/mol. The van der Waals surface area contributed by atoms with Crippen LogP contribution in [0.15, 0.2) is 91.0 Å². The van der Waals surface area contributed by atoms with Gasteiger partial charge in [0.2, 0.25) is 5.91 Å². The summed E-state index contributed by atoms with van der Waals surface area (Å²) in [7, 11) is 0. The van der Waals surface area contributed by atoms with Crippen molar-refractivity contribution in [2.75, 3.05) is 0 Å². The summed E-state index contributed by atoms with van der Waals surface area (Å²) in [5.41, 5.74) is 4.45. The number of aromatic nitrogens is 1. The van der Waals surface area contributed by atoms with E-state index in [-0.39, 0.29) is 5.91 Å². The lowest BCUT2D eigenvalue weighted by atomic mass is 9.93. The number of carbonyl (C=O) groups is 1. The van der Waals surface area contributed by atoms with Gasteiger partial charge in [-0.1, -0.05) is 78.9 Å². The molecule has 0 saturated carbocycles. The molecule has 1 N–H and O–H groups in total. The lowest BCUT2D eigenvalue weighted by Gasteiger charge is -2.27. The number of hydrogen-bond donors (Lipinski definition) is 1. The average molecular weight is 380 g/mol. The Kier molecular flexibility index (Phi) is 5.13. The Morgan fingerprint density at radius 3 is 2.21 bits per heavy atom. The van der Waals surface area contributed by atoms with Crippen LogP contribution in [0.25, 0.3) is 22.2 Å². The number of amides is 1. The van der Waals surface area contributed by atoms with E-state index in [1.165, 1.54) is 0 Å². The molecule has 3 aromatic carbocycles. The molecule has 4 aromatic rings. The van der Waals surface area contributed by atoms with Crippen LogP contribution in [0.1, 0.15) is 25.0 Å². The highest BCUT2D eigenvalue weighted by atomic mass is 16.1. The maximum absolute atomic E-state index is 13.0. The van der Waals surface area contributed by atoms with Crippen molar-refractivity contribution in [1.82, 2.24) is 10.3 Å². The lowest BCUT2D eigenvalue weighted by Crippen LogP contribution is -2.41. The minimum atomic E-state index is -0.441. The first-order valence-electron chi connectivity index (χ1n) is 9.83. The van der Waals surface area contributed by atoms with Crippen LogP contribution in [-0.2, 0) is 16.8 Å². The number of rotatable bonds is 5. The topological polar surface area (TPSA) is 42.0 Å². The van der Waals surface area contributed by atoms with E-state index in [2.05, 4.69) is 5.32 Å². The summed E-state index contributed by atoms with van der Waals surface area (Å²) in [6.45, 7) is 4.06. The maximum Gasteiger partial charge on any atom is 0.225 e. The standard InChI is InChI=1S/C26H24N2O/c1-26(2,21-13-7-4-8-14-21)28-25(29)18-20-17-24(19-11-5-3-6-12-19)27-23-16-10-9-15-22(20)23/h3-17H,18H2,1-2H3,(H,28,29). The van der Waals surface area contributed by atoms with Gasteiger partial charge in [0, 0.05) is 10.9 Å². The van der Waals surface area contributed by atoms with E-state index in [9.17, 15) is 4.79 Å². The minimum absolute atomic E-state index is 0.00535. The van der Waals surface area contributed by atoms with Crippen LogP contribution in [-0.4, -0.2) is 10.9 Å². The van der Waals surface area contributed by atoms with Crippen molar-refractivity contribution in [2.45, 2.75) is 25.8 Å². The second-order valence-corrected chi connectivity index (χ2v) is 7.77. The van der Waals surface area contributed by atoms with Crippen LogP contribution < -0.4 is 5.32 Å². The Hall–Kier alpha value is -3.46. The highest BCUT2D eigenvalue weighted by Crippen LogP contribution is 2.26. The first kappa shape index (κ1) is 18.9. The van der Waals surface area contributed by atoms with Gasteiger partial charge in [-0.05, 0) is 37.1 Å². The molecule has 0 aliphatic heterocycles. The van der Waals surface area contributed by atoms with Gasteiger partial charge in [0.15, 0.2) is 0 Å². The number of hydrogen-bond acceptors (Lipinski definition) is 2. The van der Waals surface area contributed by atoms with Crippen molar-refractivity contribution in [3.8, 4) is 11.3 Å². The summed E-state index contributed by atoms with van der Waals surface area (Å²) >= 11 is 0. The number of benzene rings is 3. The van der Waals surface area contributed by atoms with E-state index < -0.39 is 5.54 Å². The fourth-order valence-electron chi connectivity index (χ4n) is 3.64. The fourth-order valence-corrected chi connectivity index (χ4v) is 3.64. The number of fused-ring (bicyclic) bond motifs is 1. The second-order valence-electron chi connectivity index (χ2n) is 7.77. The Morgan fingerprint density at radius 2 is 1.48 bits per heavy atom. The third kappa shape index (κ3) is 4.19. The van der Waals surface area contributed by atoms with E-state index in [1.807, 2.05) is 105 Å². The molecule has 144 valence electrons. The molecule has 0 aliphatic carbocycles. The van der Waals surface area contributed by atoms with Crippen LogP contribution in [0.3, 0.4) is 0 Å². The molecule has 0 saturated heterocycles. The highest BCUT2D eigenvalue weighted by molar-refractivity contribution is 5.90. The van der Waals surface area contributed by atoms with Gasteiger partial charge in [0.25, 0.3) is 0 Å². The maximum atomic E-state index is 13.0. The third-order valence-corrected chi connectivity index (χ3v) is 5.17. The number of para-hydroxylation sites is 1. The van der Waals surface area contributed by atoms with Crippen molar-refractivity contribution >= 4 is 16.8 Å². The predicted octanol–water partition coefficient (Wildman–Crippen LogP) is 5.50. The van der Waals surface area contributed by atoms with Crippen molar-refractivity contribution in [3.05, 3.63) is 102 Å². The number of nitrogens with one attached hydrogen (secondary N) is 1. The third-order valence-electron chi connectivity index (χ3n) is 5.17. The molecule has 3 nitrogen and oxygen atoms in total. The number of nitrogens with zero attached hydrogens (tertiary/aromatic N) is 1. The minimum Gasteiger partial charge on any atom is -0.347 e. The molecule has 3 heteroatoms. The zero-order valence-electron chi connectivity index (χ0n) is 16.7. The van der Waals surface area contributed by atoms with Gasteiger partial charge in [0.05, 0.1) is 23.2 Å². The molecule has 1 amide bonds. The van der Waals surface area contributed by atoms with Crippen LogP contribution >= 0.6 is 0 Å². The van der Waals surface area contributed by atoms with Crippen molar-refractivity contribution in [2.24, 2.45) is 0 Å². The Bertz CT molecular complexity index is 1140. The molecule has 1 heterocycles. The van der Waals surface area contributed by atoms with Crippen molar-refractivity contribution in [1.29, 1.82) is 0 Å². The zero-order chi connectivity index (χ0) is 20.3. The second kappa shape index (κ2) is 7.88. The van der Waals surface area contributed by atoms with Crippen LogP contribution in [0.2, 0.25) is 0 Å². The van der Waals surface area contributed by atoms with Gasteiger partial charge in [-0.15, -0.1) is 0 Å². The zero-order valence-corrected chi connectivity index (χ0v) is 16.7. The van der Waals surface area contributed by atoms with E-state index >= 15 is 0 Å². The van der Waals surface area contributed by atoms with Gasteiger partial charge in [-0.2, -0.15) is 0 Å². The summed E-state index contributed by atoms with van der Waals surface area (Å²) in [5, 5.41) is 4.20. The molecule has 0 atom stereocenters. The first-order valence-corrected chi connectivity index (χ1v) is 9.83. The Balaban J connectivity index is 1.66. The smallest absolute Gasteiger partial charge is 0.225 e. The molecule has 0 fully saturated rings. The summed E-state index contributed by atoms with van der Waals surface area (Å²) in [6.07, 6.45) is 0.305. The quantitative estimate of drug-likeness (QED) is 0.497. The highest BCUT2D eigenvalue weighted by Gasteiger charge is 2.23. The number of pyridine rings is 1. The van der Waals surface area contributed by atoms with Crippen molar-refractivity contribution < 1.29 is 4.79 Å². The summed E-state index contributed by atoms with van der Waals surface area (Å²) < 4.78 is 0. The molecule has 4 rings (SSSR count). The summed E-state index contributed by atoms with van der Waals surface area (Å²) in [5.74, 6) is -0.00535. The largest absolute Gasteiger partial charge is 0.347 e. The van der Waals surface area contributed by atoms with Gasteiger partial charge in [-0.3, -0.25) is 4.79 Å². The van der Waals surface area contributed by atoms with E-state index in [0.717, 1.165) is 33.3 Å². The SMILES string of the molecule is CC(C)(NC(=O)Cc1cc(-c2ccccc2)nc2ccccc12)c1ccccc1. The van der Waals surface area contributed by atoms with E-state index in [0.29, 0.717) is 6.42 Å². The molecule has 1 aromatic heterocycles. The normalized spacial score (nSPS) is 11.4. The summed E-state index contributed by atoms with van der Waals surface area (Å²) in [4.78, 5) is 17.8. The Labute approximate surface area is 171 Å². The molecular formula is C26H24N2O. The number of carbonyl (C=O) groups excluding carboxylic acids is 1. The van der Waals surface area contributed by atoms with Crippen molar-refractivity contribution in [3.63, 3.8) is 0 Å². The Morgan fingerprint density at radius 1 is 0.862 bits per heavy atom. The fraction of sp³-hybridized carbons (Fsp3) is 0.154. The molecule has 0 bridgehead atoms. The lowest BCUT2D eigenvalue weighted by molar-refractivity contribution is -0.122. The van der Waals surface area contributed by atoms with Gasteiger partial charge < -0.3 is 5.32 Å².